The van der Waals surface area contributed by atoms with Gasteiger partial charge in [0.05, 0.1) is 40.7 Å². The monoisotopic (exact) mass is 462 g/mol. The van der Waals surface area contributed by atoms with Gasteiger partial charge in [-0.25, -0.2) is 0 Å². The number of amides is 1. The van der Waals surface area contributed by atoms with Crippen molar-refractivity contribution in [2.75, 3.05) is 40.4 Å². The van der Waals surface area contributed by atoms with Crippen molar-refractivity contribution < 1.29 is 38.7 Å². The van der Waals surface area contributed by atoms with E-state index in [1.54, 1.807) is 33.5 Å². The first-order chi connectivity index (χ1) is 15.7. The van der Waals surface area contributed by atoms with Crippen LogP contribution < -0.4 is 30.0 Å². The number of aliphatic carboxylic acids is 1. The molecule has 2 rings (SSSR count). The molecule has 5 N–H and O–H groups in total. The molecule has 10 nitrogen and oxygen atoms in total. The minimum atomic E-state index is -1.02. The Bertz CT molecular complexity index is 946. The highest BCUT2D eigenvalue weighted by Gasteiger charge is 2.15. The van der Waals surface area contributed by atoms with Gasteiger partial charge in [-0.1, -0.05) is 18.2 Å². The van der Waals surface area contributed by atoms with Gasteiger partial charge in [0, 0.05) is 6.92 Å². The standard InChI is InChI=1S/C21H26N2O6.C2H4O2/c1-26-17-8-7-13(9-16(17)23-21(25)15(22)12-24)5-6-14-10-18(27-2)20(29-4)19(11-14)28-3;1-2(3)4/h5-11,15,24H,12,22H2,1-4H3,(H,23,25);1H3,(H,3,4)/b6-5-;/t15-;/m0./s1. The van der Waals surface area contributed by atoms with Crippen molar-refractivity contribution >= 4 is 29.7 Å². The topological polar surface area (TPSA) is 150 Å². The molecule has 0 saturated heterocycles. The number of hydrogen-bond donors (Lipinski definition) is 4. The molecule has 0 bridgehead atoms. The van der Waals surface area contributed by atoms with Gasteiger partial charge in [0.2, 0.25) is 11.7 Å². The molecule has 0 radical (unpaired) electrons. The van der Waals surface area contributed by atoms with Gasteiger partial charge in [-0.15, -0.1) is 0 Å². The maximum atomic E-state index is 12.0. The molecule has 0 fully saturated rings. The number of carbonyl (C=O) groups is 2. The Labute approximate surface area is 192 Å². The van der Waals surface area contributed by atoms with Crippen LogP contribution in [0.3, 0.4) is 0 Å². The number of anilines is 1. The molecule has 0 unspecified atom stereocenters. The van der Waals surface area contributed by atoms with E-state index >= 15 is 0 Å². The Balaban J connectivity index is 0.00000125. The van der Waals surface area contributed by atoms with Gasteiger partial charge in [0.25, 0.3) is 5.97 Å². The van der Waals surface area contributed by atoms with Gasteiger partial charge in [0.15, 0.2) is 11.5 Å². The smallest absolute Gasteiger partial charge is 0.300 e. The Morgan fingerprint density at radius 1 is 0.939 bits per heavy atom. The number of nitrogens with two attached hydrogens (primary N) is 1. The summed E-state index contributed by atoms with van der Waals surface area (Å²) >= 11 is 0. The SMILES string of the molecule is CC(=O)O.COc1ccc(/C=C\c2cc(OC)c(OC)c(OC)c2)cc1NC(=O)[C@@H](N)CO. The molecule has 0 aliphatic rings. The Morgan fingerprint density at radius 2 is 1.45 bits per heavy atom. The summed E-state index contributed by atoms with van der Waals surface area (Å²) in [5, 5.41) is 19.1. The van der Waals surface area contributed by atoms with Crippen LogP contribution in [0, 0.1) is 0 Å². The number of hydrogen-bond acceptors (Lipinski definition) is 8. The van der Waals surface area contributed by atoms with Crippen molar-refractivity contribution in [3.05, 3.63) is 41.5 Å². The predicted octanol–water partition coefficient (Wildman–Crippen LogP) is 2.24. The van der Waals surface area contributed by atoms with Crippen molar-refractivity contribution in [1.29, 1.82) is 0 Å². The van der Waals surface area contributed by atoms with Crippen LogP contribution in [0.15, 0.2) is 30.3 Å². The first kappa shape index (κ1) is 27.3. The van der Waals surface area contributed by atoms with E-state index in [-0.39, 0.29) is 0 Å². The van der Waals surface area contributed by atoms with Gasteiger partial charge in [0.1, 0.15) is 11.8 Å². The summed E-state index contributed by atoms with van der Waals surface area (Å²) in [6, 6.07) is 7.95. The van der Waals surface area contributed by atoms with Crippen LogP contribution >= 0.6 is 0 Å². The van der Waals surface area contributed by atoms with E-state index in [2.05, 4.69) is 5.32 Å². The molecule has 33 heavy (non-hydrogen) atoms. The van der Waals surface area contributed by atoms with Crippen LogP contribution in [0.5, 0.6) is 23.0 Å². The lowest BCUT2D eigenvalue weighted by Gasteiger charge is -2.14. The number of rotatable bonds is 9. The Kier molecular flexibility index (Phi) is 11.2. The molecule has 0 saturated carbocycles. The summed E-state index contributed by atoms with van der Waals surface area (Å²) in [5.41, 5.74) is 7.66. The second-order valence-corrected chi connectivity index (χ2v) is 6.55. The minimum Gasteiger partial charge on any atom is -0.495 e. The first-order valence-corrected chi connectivity index (χ1v) is 9.73. The van der Waals surface area contributed by atoms with Crippen LogP contribution in [0.25, 0.3) is 12.2 Å². The molecular formula is C23H30N2O8. The molecule has 2 aromatic carbocycles. The summed E-state index contributed by atoms with van der Waals surface area (Å²) < 4.78 is 21.3. The number of aliphatic hydroxyl groups excluding tert-OH is 1. The average molecular weight is 462 g/mol. The number of aliphatic hydroxyl groups is 1. The number of benzene rings is 2. The van der Waals surface area contributed by atoms with E-state index in [1.807, 2.05) is 30.4 Å². The van der Waals surface area contributed by atoms with E-state index in [0.29, 0.717) is 28.7 Å². The highest BCUT2D eigenvalue weighted by molar-refractivity contribution is 5.96. The summed E-state index contributed by atoms with van der Waals surface area (Å²) in [5.74, 6) is 0.756. The lowest BCUT2D eigenvalue weighted by atomic mass is 10.1. The van der Waals surface area contributed by atoms with Crippen molar-refractivity contribution in [2.45, 2.75) is 13.0 Å². The van der Waals surface area contributed by atoms with Crippen molar-refractivity contribution in [1.82, 2.24) is 0 Å². The molecule has 180 valence electrons. The number of methoxy groups -OCH3 is 4. The van der Waals surface area contributed by atoms with E-state index < -0.39 is 24.5 Å². The third kappa shape index (κ3) is 8.36. The number of ether oxygens (including phenoxy) is 4. The zero-order valence-corrected chi connectivity index (χ0v) is 19.2. The maximum Gasteiger partial charge on any atom is 0.300 e. The molecule has 2 aromatic rings. The van der Waals surface area contributed by atoms with E-state index in [4.69, 9.17) is 39.7 Å². The van der Waals surface area contributed by atoms with Crippen molar-refractivity contribution in [3.63, 3.8) is 0 Å². The molecule has 10 heteroatoms. The van der Waals surface area contributed by atoms with Crippen molar-refractivity contribution in [3.8, 4) is 23.0 Å². The van der Waals surface area contributed by atoms with Crippen LogP contribution in [0.2, 0.25) is 0 Å². The van der Waals surface area contributed by atoms with Gasteiger partial charge < -0.3 is 40.2 Å². The highest BCUT2D eigenvalue weighted by Crippen LogP contribution is 2.38. The van der Waals surface area contributed by atoms with Crippen LogP contribution in [-0.4, -0.2) is 63.2 Å². The molecule has 1 atom stereocenters. The second kappa shape index (κ2) is 13.6. The fraction of sp³-hybridized carbons (Fsp3) is 0.304. The summed E-state index contributed by atoms with van der Waals surface area (Å²) in [6.07, 6.45) is 3.74. The fourth-order valence-electron chi connectivity index (χ4n) is 2.63. The number of carboxylic acid groups (broad SMARTS) is 1. The van der Waals surface area contributed by atoms with Gasteiger partial charge in [-0.05, 0) is 35.4 Å². The zero-order chi connectivity index (χ0) is 25.0. The fourth-order valence-corrected chi connectivity index (χ4v) is 2.63. The molecule has 0 aromatic heterocycles. The van der Waals surface area contributed by atoms with Gasteiger partial charge >= 0.3 is 0 Å². The molecule has 0 aliphatic heterocycles. The Morgan fingerprint density at radius 3 is 1.91 bits per heavy atom. The summed E-state index contributed by atoms with van der Waals surface area (Å²) in [4.78, 5) is 21.0. The molecule has 0 aliphatic carbocycles. The third-order valence-corrected chi connectivity index (χ3v) is 4.17. The molecule has 0 spiro atoms. The highest BCUT2D eigenvalue weighted by atomic mass is 16.5. The number of carboxylic acids is 1. The van der Waals surface area contributed by atoms with Gasteiger partial charge in [-0.2, -0.15) is 0 Å². The lowest BCUT2D eigenvalue weighted by molar-refractivity contribution is -0.134. The molecule has 0 heterocycles. The predicted molar refractivity (Wildman–Crippen MR) is 125 cm³/mol. The van der Waals surface area contributed by atoms with E-state index in [0.717, 1.165) is 18.1 Å². The van der Waals surface area contributed by atoms with E-state index in [9.17, 15) is 4.79 Å². The average Bonchev–Trinajstić information content (AvgIpc) is 2.80. The maximum absolute atomic E-state index is 12.0. The molecular weight excluding hydrogens is 432 g/mol. The number of nitrogens with one attached hydrogen (secondary N) is 1. The summed E-state index contributed by atoms with van der Waals surface area (Å²) in [6.45, 7) is 0.634. The minimum absolute atomic E-state index is 0.450. The van der Waals surface area contributed by atoms with Gasteiger partial charge in [-0.3, -0.25) is 9.59 Å². The first-order valence-electron chi connectivity index (χ1n) is 9.73. The van der Waals surface area contributed by atoms with Crippen molar-refractivity contribution in [2.24, 2.45) is 5.73 Å². The zero-order valence-electron chi connectivity index (χ0n) is 19.2. The number of carbonyl (C=O) groups excluding carboxylic acids is 1. The normalized spacial score (nSPS) is 11.1. The Hall–Kier alpha value is -3.76. The van der Waals surface area contributed by atoms with Crippen LogP contribution in [-0.2, 0) is 9.59 Å². The largest absolute Gasteiger partial charge is 0.495 e. The molecule has 1 amide bonds. The van der Waals surface area contributed by atoms with Crippen LogP contribution in [0.1, 0.15) is 18.1 Å². The van der Waals surface area contributed by atoms with E-state index in [1.165, 1.54) is 7.11 Å². The lowest BCUT2D eigenvalue weighted by Crippen LogP contribution is -2.38. The van der Waals surface area contributed by atoms with Crippen LogP contribution in [0.4, 0.5) is 5.69 Å². The quantitative estimate of drug-likeness (QED) is 0.411. The summed E-state index contributed by atoms with van der Waals surface area (Å²) in [7, 11) is 6.16. The second-order valence-electron chi connectivity index (χ2n) is 6.55. The third-order valence-electron chi connectivity index (χ3n) is 4.17.